The van der Waals surface area contributed by atoms with Crippen LogP contribution in [-0.2, 0) is 16.1 Å². The van der Waals surface area contributed by atoms with Crippen LogP contribution in [0.15, 0.2) is 18.2 Å². The third-order valence-corrected chi connectivity index (χ3v) is 3.77. The van der Waals surface area contributed by atoms with Crippen molar-refractivity contribution in [2.24, 2.45) is 0 Å². The van der Waals surface area contributed by atoms with Crippen molar-refractivity contribution in [2.45, 2.75) is 51.6 Å². The van der Waals surface area contributed by atoms with Gasteiger partial charge in [-0.25, -0.2) is 0 Å². The Balaban J connectivity index is 2.28. The van der Waals surface area contributed by atoms with Crippen LogP contribution in [0.25, 0.3) is 0 Å². The van der Waals surface area contributed by atoms with Gasteiger partial charge >= 0.3 is 0 Å². The molecule has 1 saturated carbocycles. The van der Waals surface area contributed by atoms with Crippen LogP contribution in [0.1, 0.15) is 54.7 Å². The molecule has 1 unspecified atom stereocenters. The fourth-order valence-electron chi connectivity index (χ4n) is 2.84. The van der Waals surface area contributed by atoms with Crippen molar-refractivity contribution in [1.82, 2.24) is 0 Å². The van der Waals surface area contributed by atoms with Crippen LogP contribution in [0.5, 0.6) is 0 Å². The lowest BCUT2D eigenvalue weighted by Gasteiger charge is -2.18. The molecule has 1 aromatic rings. The van der Waals surface area contributed by atoms with Gasteiger partial charge in [0.2, 0.25) is 0 Å². The molecule has 1 atom stereocenters. The van der Waals surface area contributed by atoms with E-state index in [0.717, 1.165) is 25.7 Å². The van der Waals surface area contributed by atoms with E-state index < -0.39 is 0 Å². The molecule has 0 aliphatic heterocycles. The maximum Gasteiger partial charge on any atom is 0.133 e. The van der Waals surface area contributed by atoms with Crippen molar-refractivity contribution in [3.05, 3.63) is 34.9 Å². The number of hydrogen-bond donors (Lipinski definition) is 0. The van der Waals surface area contributed by atoms with Gasteiger partial charge < -0.3 is 4.74 Å². The van der Waals surface area contributed by atoms with Gasteiger partial charge in [0, 0.05) is 20.0 Å². The Labute approximate surface area is 109 Å². The lowest BCUT2D eigenvalue weighted by molar-refractivity contribution is -0.119. The maximum atomic E-state index is 11.8. The first-order valence-corrected chi connectivity index (χ1v) is 6.80. The van der Waals surface area contributed by atoms with Gasteiger partial charge in [-0.15, -0.1) is 0 Å². The molecule has 1 aliphatic rings. The highest BCUT2D eigenvalue weighted by atomic mass is 16.5. The van der Waals surface area contributed by atoms with Gasteiger partial charge in [-0.05, 0) is 36.8 Å². The first-order chi connectivity index (χ1) is 8.70. The van der Waals surface area contributed by atoms with Crippen molar-refractivity contribution in [3.63, 3.8) is 0 Å². The summed E-state index contributed by atoms with van der Waals surface area (Å²) in [5.41, 5.74) is 3.83. The molecule has 0 spiro atoms. The number of carbonyl (C=O) groups is 1. The summed E-state index contributed by atoms with van der Waals surface area (Å²) in [6.07, 6.45) is 4.82. The van der Waals surface area contributed by atoms with Gasteiger partial charge in [0.1, 0.15) is 5.78 Å². The molecule has 18 heavy (non-hydrogen) atoms. The molecule has 0 amide bonds. The molecule has 2 rings (SSSR count). The van der Waals surface area contributed by atoms with Gasteiger partial charge in [0.25, 0.3) is 0 Å². The van der Waals surface area contributed by atoms with Crippen LogP contribution >= 0.6 is 0 Å². The van der Waals surface area contributed by atoms with Crippen molar-refractivity contribution in [3.8, 4) is 0 Å². The Morgan fingerprint density at radius 3 is 2.94 bits per heavy atom. The highest BCUT2D eigenvalue weighted by Crippen LogP contribution is 2.33. The summed E-state index contributed by atoms with van der Waals surface area (Å²) in [7, 11) is 1.72. The number of Topliss-reactive ketones (excluding diaryl/α,β-unsaturated/α-hetero) is 1. The van der Waals surface area contributed by atoms with Crippen LogP contribution in [0.4, 0.5) is 0 Å². The fourth-order valence-corrected chi connectivity index (χ4v) is 2.84. The molecule has 0 saturated heterocycles. The minimum absolute atomic E-state index is 0.394. The molecule has 0 bridgehead atoms. The number of benzene rings is 1. The smallest absolute Gasteiger partial charge is 0.133 e. The normalized spacial score (nSPS) is 20.8. The minimum atomic E-state index is 0.394. The monoisotopic (exact) mass is 246 g/mol. The molecular weight excluding hydrogens is 224 g/mol. The van der Waals surface area contributed by atoms with Crippen LogP contribution in [0.2, 0.25) is 0 Å². The van der Waals surface area contributed by atoms with Gasteiger partial charge in [0.15, 0.2) is 0 Å². The Bertz CT molecular complexity index is 423. The van der Waals surface area contributed by atoms with Crippen molar-refractivity contribution in [2.75, 3.05) is 7.11 Å². The van der Waals surface area contributed by atoms with Crippen molar-refractivity contribution >= 4 is 5.78 Å². The molecule has 0 radical (unpaired) electrons. The van der Waals surface area contributed by atoms with Gasteiger partial charge in [-0.2, -0.15) is 0 Å². The second kappa shape index (κ2) is 6.14. The number of rotatable bonds is 3. The Morgan fingerprint density at radius 2 is 2.17 bits per heavy atom. The second-order valence-corrected chi connectivity index (χ2v) is 5.32. The van der Waals surface area contributed by atoms with E-state index >= 15 is 0 Å². The predicted molar refractivity (Wildman–Crippen MR) is 72.7 cm³/mol. The summed E-state index contributed by atoms with van der Waals surface area (Å²) < 4.78 is 5.27. The summed E-state index contributed by atoms with van der Waals surface area (Å²) in [4.78, 5) is 11.8. The second-order valence-electron chi connectivity index (χ2n) is 5.32. The zero-order valence-corrected chi connectivity index (χ0v) is 11.4. The van der Waals surface area contributed by atoms with E-state index in [1.165, 1.54) is 16.7 Å². The van der Waals surface area contributed by atoms with E-state index in [0.29, 0.717) is 24.7 Å². The lowest BCUT2D eigenvalue weighted by Crippen LogP contribution is -2.07. The van der Waals surface area contributed by atoms with Gasteiger partial charge in [-0.3, -0.25) is 4.79 Å². The fraction of sp³-hybridized carbons (Fsp3) is 0.562. The summed E-state index contributed by atoms with van der Waals surface area (Å²) in [5.74, 6) is 0.812. The van der Waals surface area contributed by atoms with Gasteiger partial charge in [-0.1, -0.05) is 30.2 Å². The van der Waals surface area contributed by atoms with Crippen LogP contribution in [-0.4, -0.2) is 12.9 Å². The van der Waals surface area contributed by atoms with Crippen LogP contribution in [0, 0.1) is 6.92 Å². The lowest BCUT2D eigenvalue weighted by atomic mass is 9.87. The zero-order chi connectivity index (χ0) is 13.0. The third-order valence-electron chi connectivity index (χ3n) is 3.77. The molecule has 2 heteroatoms. The largest absolute Gasteiger partial charge is 0.380 e. The third kappa shape index (κ3) is 3.20. The van der Waals surface area contributed by atoms with Crippen LogP contribution in [0.3, 0.4) is 0 Å². The molecule has 1 fully saturated rings. The Morgan fingerprint density at radius 1 is 1.33 bits per heavy atom. The molecule has 0 aromatic heterocycles. The Kier molecular flexibility index (Phi) is 4.54. The number of ether oxygens (including phenoxy) is 1. The number of hydrogen-bond acceptors (Lipinski definition) is 2. The topological polar surface area (TPSA) is 26.3 Å². The summed E-state index contributed by atoms with van der Waals surface area (Å²) >= 11 is 0. The van der Waals surface area contributed by atoms with E-state index in [1.54, 1.807) is 7.11 Å². The molecule has 0 N–H and O–H groups in total. The van der Waals surface area contributed by atoms with Crippen LogP contribution < -0.4 is 0 Å². The standard InChI is InChI=1S/C16H22O2/c1-12-7-8-14(11-18-2)16(9-12)13-5-3-4-6-15(17)10-13/h7-9,13H,3-6,10-11H2,1-2H3. The molecule has 1 aliphatic carbocycles. The van der Waals surface area contributed by atoms with E-state index in [2.05, 4.69) is 25.1 Å². The number of ketones is 1. The highest BCUT2D eigenvalue weighted by molar-refractivity contribution is 5.79. The summed E-state index contributed by atoms with van der Waals surface area (Å²) in [5, 5.41) is 0. The average molecular weight is 246 g/mol. The zero-order valence-electron chi connectivity index (χ0n) is 11.4. The van der Waals surface area contributed by atoms with E-state index in [4.69, 9.17) is 4.74 Å². The Hall–Kier alpha value is -1.15. The first-order valence-electron chi connectivity index (χ1n) is 6.80. The minimum Gasteiger partial charge on any atom is -0.380 e. The van der Waals surface area contributed by atoms with E-state index in [1.807, 2.05) is 0 Å². The maximum absolute atomic E-state index is 11.8. The predicted octanol–water partition coefficient (Wildman–Crippen LogP) is 3.76. The molecule has 0 heterocycles. The first kappa shape index (κ1) is 13.3. The SMILES string of the molecule is COCc1ccc(C)cc1C1CCCCC(=O)C1. The number of methoxy groups -OCH3 is 1. The summed E-state index contributed by atoms with van der Waals surface area (Å²) in [6, 6.07) is 6.50. The quantitative estimate of drug-likeness (QED) is 0.759. The van der Waals surface area contributed by atoms with Crippen molar-refractivity contribution < 1.29 is 9.53 Å². The molecular formula is C16H22O2. The van der Waals surface area contributed by atoms with E-state index in [-0.39, 0.29) is 0 Å². The van der Waals surface area contributed by atoms with E-state index in [9.17, 15) is 4.79 Å². The molecule has 1 aromatic carbocycles. The average Bonchev–Trinajstić information content (AvgIpc) is 2.56. The summed E-state index contributed by atoms with van der Waals surface area (Å²) in [6.45, 7) is 2.75. The van der Waals surface area contributed by atoms with Gasteiger partial charge in [0.05, 0.1) is 6.61 Å². The van der Waals surface area contributed by atoms with Crippen molar-refractivity contribution in [1.29, 1.82) is 0 Å². The molecule has 98 valence electrons. The number of aryl methyl sites for hydroxylation is 1. The highest BCUT2D eigenvalue weighted by Gasteiger charge is 2.21. The number of carbonyl (C=O) groups excluding carboxylic acids is 1. The molecule has 2 nitrogen and oxygen atoms in total.